The van der Waals surface area contributed by atoms with Crippen molar-refractivity contribution in [3.63, 3.8) is 0 Å². The van der Waals surface area contributed by atoms with E-state index >= 15 is 0 Å². The van der Waals surface area contributed by atoms with E-state index in [0.717, 1.165) is 18.2 Å². The van der Waals surface area contributed by atoms with E-state index in [1.54, 1.807) is 12.1 Å². The first-order chi connectivity index (χ1) is 14.3. The summed E-state index contributed by atoms with van der Waals surface area (Å²) >= 11 is 5.79. The van der Waals surface area contributed by atoms with Gasteiger partial charge in [0.2, 0.25) is 0 Å². The molecule has 2 aromatic carbocycles. The van der Waals surface area contributed by atoms with Gasteiger partial charge in [-0.05, 0) is 30.3 Å². The average Bonchev–Trinajstić information content (AvgIpc) is 3.17. The molecule has 13 heteroatoms. The number of hydrazone groups is 1. The van der Waals surface area contributed by atoms with Crippen LogP contribution in [0.4, 0.5) is 22.7 Å². The van der Waals surface area contributed by atoms with Crippen LogP contribution in [-0.2, 0) is 0 Å². The van der Waals surface area contributed by atoms with E-state index in [1.165, 1.54) is 24.4 Å². The number of furan rings is 1. The molecule has 3 rings (SSSR count). The van der Waals surface area contributed by atoms with Gasteiger partial charge in [-0.1, -0.05) is 11.6 Å². The van der Waals surface area contributed by atoms with Crippen molar-refractivity contribution in [1.82, 2.24) is 0 Å². The Bertz CT molecular complexity index is 1190. The summed E-state index contributed by atoms with van der Waals surface area (Å²) in [6.45, 7) is 0. The van der Waals surface area contributed by atoms with Crippen LogP contribution in [0.2, 0.25) is 5.02 Å². The van der Waals surface area contributed by atoms with Gasteiger partial charge >= 0.3 is 5.69 Å². The fourth-order valence-corrected chi connectivity index (χ4v) is 2.61. The molecule has 152 valence electrons. The van der Waals surface area contributed by atoms with Crippen LogP contribution in [0, 0.1) is 30.3 Å². The van der Waals surface area contributed by atoms with Crippen molar-refractivity contribution in [2.75, 3.05) is 5.43 Å². The molecule has 0 saturated heterocycles. The second-order valence-electron chi connectivity index (χ2n) is 5.71. The van der Waals surface area contributed by atoms with Gasteiger partial charge in [-0.2, -0.15) is 5.10 Å². The third-order valence-electron chi connectivity index (χ3n) is 3.82. The largest absolute Gasteiger partial charge is 0.455 e. The summed E-state index contributed by atoms with van der Waals surface area (Å²) in [4.78, 5) is 30.7. The lowest BCUT2D eigenvalue weighted by molar-refractivity contribution is -0.393. The van der Waals surface area contributed by atoms with Crippen molar-refractivity contribution in [3.05, 3.63) is 89.7 Å². The minimum Gasteiger partial charge on any atom is -0.455 e. The molecule has 0 aliphatic carbocycles. The highest BCUT2D eigenvalue weighted by atomic mass is 35.5. The lowest BCUT2D eigenvalue weighted by Gasteiger charge is -2.01. The Hall–Kier alpha value is -4.32. The first-order valence-electron chi connectivity index (χ1n) is 8.02. The summed E-state index contributed by atoms with van der Waals surface area (Å²) in [6, 6.07) is 10.4. The highest BCUT2D eigenvalue weighted by Gasteiger charge is 2.19. The molecule has 0 aliphatic heterocycles. The van der Waals surface area contributed by atoms with Crippen molar-refractivity contribution in [3.8, 4) is 11.3 Å². The Morgan fingerprint density at radius 1 is 0.900 bits per heavy atom. The summed E-state index contributed by atoms with van der Waals surface area (Å²) in [5.74, 6) is 0.567. The zero-order chi connectivity index (χ0) is 21.8. The van der Waals surface area contributed by atoms with Crippen LogP contribution < -0.4 is 5.43 Å². The quantitative estimate of drug-likeness (QED) is 0.317. The fourth-order valence-electron chi connectivity index (χ4n) is 2.43. The van der Waals surface area contributed by atoms with Crippen LogP contribution in [0.1, 0.15) is 5.76 Å². The number of hydrogen-bond acceptors (Lipinski definition) is 9. The molecule has 0 bridgehead atoms. The number of halogens is 1. The Kier molecular flexibility index (Phi) is 5.69. The SMILES string of the molecule is O=[N+]([O-])c1ccc(N/N=C/c2ccc(-c3ccc(Cl)c([N+](=O)[O-])c3)o2)c([N+](=O)[O-])c1. The van der Waals surface area contributed by atoms with Gasteiger partial charge in [0, 0.05) is 17.7 Å². The average molecular weight is 432 g/mol. The van der Waals surface area contributed by atoms with Crippen LogP contribution in [0.3, 0.4) is 0 Å². The number of hydrogen-bond donors (Lipinski definition) is 1. The number of nitro benzene ring substituents is 3. The number of anilines is 1. The minimum atomic E-state index is -0.775. The summed E-state index contributed by atoms with van der Waals surface area (Å²) in [6.07, 6.45) is 1.22. The summed E-state index contributed by atoms with van der Waals surface area (Å²) < 4.78 is 5.53. The molecule has 1 heterocycles. The fraction of sp³-hybridized carbons (Fsp3) is 0. The molecule has 0 amide bonds. The number of non-ortho nitro benzene ring substituents is 1. The molecule has 0 fully saturated rings. The molecule has 3 aromatic rings. The number of rotatable bonds is 7. The predicted molar refractivity (Wildman–Crippen MR) is 107 cm³/mol. The number of nitro groups is 3. The zero-order valence-corrected chi connectivity index (χ0v) is 15.5. The summed E-state index contributed by atoms with van der Waals surface area (Å²) in [7, 11) is 0. The molecule has 0 radical (unpaired) electrons. The van der Waals surface area contributed by atoms with Gasteiger partial charge in [0.25, 0.3) is 11.4 Å². The van der Waals surface area contributed by atoms with E-state index in [4.69, 9.17) is 16.0 Å². The van der Waals surface area contributed by atoms with Crippen molar-refractivity contribution in [2.24, 2.45) is 5.10 Å². The third kappa shape index (κ3) is 4.39. The second kappa shape index (κ2) is 8.36. The highest BCUT2D eigenvalue weighted by molar-refractivity contribution is 6.32. The molecule has 30 heavy (non-hydrogen) atoms. The summed E-state index contributed by atoms with van der Waals surface area (Å²) in [5, 5.41) is 36.7. The maximum atomic E-state index is 11.1. The maximum absolute atomic E-state index is 11.1. The number of nitrogens with one attached hydrogen (secondary N) is 1. The Morgan fingerprint density at radius 3 is 2.30 bits per heavy atom. The second-order valence-corrected chi connectivity index (χ2v) is 6.12. The first kappa shape index (κ1) is 20.4. The van der Waals surface area contributed by atoms with Gasteiger partial charge in [-0.25, -0.2) is 0 Å². The van der Waals surface area contributed by atoms with E-state index < -0.39 is 26.1 Å². The molecule has 0 spiro atoms. The van der Waals surface area contributed by atoms with Crippen LogP contribution in [-0.4, -0.2) is 21.0 Å². The molecule has 0 atom stereocenters. The van der Waals surface area contributed by atoms with E-state index in [1.807, 2.05) is 0 Å². The molecule has 1 aromatic heterocycles. The Balaban J connectivity index is 1.79. The van der Waals surface area contributed by atoms with Crippen LogP contribution in [0.5, 0.6) is 0 Å². The van der Waals surface area contributed by atoms with Crippen molar-refractivity contribution in [2.45, 2.75) is 0 Å². The van der Waals surface area contributed by atoms with Gasteiger partial charge in [-0.3, -0.25) is 35.8 Å². The zero-order valence-electron chi connectivity index (χ0n) is 14.7. The number of nitrogens with zero attached hydrogens (tertiary/aromatic N) is 4. The van der Waals surface area contributed by atoms with Gasteiger partial charge in [0.05, 0.1) is 27.1 Å². The van der Waals surface area contributed by atoms with Crippen LogP contribution in [0.25, 0.3) is 11.3 Å². The molecular formula is C17H10ClN5O7. The molecule has 0 saturated carbocycles. The van der Waals surface area contributed by atoms with Gasteiger partial charge in [-0.15, -0.1) is 0 Å². The maximum Gasteiger partial charge on any atom is 0.301 e. The molecule has 12 nitrogen and oxygen atoms in total. The molecule has 0 unspecified atom stereocenters. The lowest BCUT2D eigenvalue weighted by atomic mass is 10.1. The van der Waals surface area contributed by atoms with Gasteiger partial charge in [0.1, 0.15) is 22.2 Å². The summed E-state index contributed by atoms with van der Waals surface area (Å²) in [5.41, 5.74) is 1.58. The Morgan fingerprint density at radius 2 is 1.63 bits per heavy atom. The van der Waals surface area contributed by atoms with Gasteiger partial charge < -0.3 is 4.42 Å². The van der Waals surface area contributed by atoms with Crippen LogP contribution in [0.15, 0.2) is 58.0 Å². The molecule has 0 aliphatic rings. The molecular weight excluding hydrogens is 422 g/mol. The lowest BCUT2D eigenvalue weighted by Crippen LogP contribution is -1.98. The topological polar surface area (TPSA) is 167 Å². The standard InChI is InChI=1S/C17H10ClN5O7/c18-13-4-1-10(7-15(13)22(26)27)17-6-3-12(30-17)9-19-20-14-5-2-11(21(24)25)8-16(14)23(28)29/h1-9,20H/b19-9+. The highest BCUT2D eigenvalue weighted by Crippen LogP contribution is 2.31. The smallest absolute Gasteiger partial charge is 0.301 e. The first-order valence-corrected chi connectivity index (χ1v) is 8.40. The predicted octanol–water partition coefficient (Wildman–Crippen LogP) is 4.77. The van der Waals surface area contributed by atoms with E-state index in [2.05, 4.69) is 10.5 Å². The van der Waals surface area contributed by atoms with Crippen LogP contribution >= 0.6 is 11.6 Å². The van der Waals surface area contributed by atoms with E-state index in [9.17, 15) is 30.3 Å². The normalized spacial score (nSPS) is 10.8. The van der Waals surface area contributed by atoms with Crippen molar-refractivity contribution in [1.29, 1.82) is 0 Å². The monoisotopic (exact) mass is 431 g/mol. The minimum absolute atomic E-state index is 0.00835. The third-order valence-corrected chi connectivity index (χ3v) is 4.14. The van der Waals surface area contributed by atoms with Crippen molar-refractivity contribution >= 4 is 40.6 Å². The van der Waals surface area contributed by atoms with Crippen molar-refractivity contribution < 1.29 is 19.2 Å². The van der Waals surface area contributed by atoms with Gasteiger partial charge in [0.15, 0.2) is 0 Å². The Labute approximate surface area is 171 Å². The number of benzene rings is 2. The van der Waals surface area contributed by atoms with E-state index in [0.29, 0.717) is 11.3 Å². The van der Waals surface area contributed by atoms with E-state index in [-0.39, 0.29) is 22.2 Å². The molecule has 1 N–H and O–H groups in total.